The molecule has 0 aliphatic rings. The molecule has 0 radical (unpaired) electrons. The van der Waals surface area contributed by atoms with E-state index in [0.29, 0.717) is 10.0 Å². The van der Waals surface area contributed by atoms with Crippen molar-refractivity contribution >= 4 is 29.2 Å². The van der Waals surface area contributed by atoms with Crippen molar-refractivity contribution in [1.82, 2.24) is 9.55 Å². The van der Waals surface area contributed by atoms with Crippen LogP contribution in [0.1, 0.15) is 31.0 Å². The van der Waals surface area contributed by atoms with Gasteiger partial charge in [-0.05, 0) is 38.0 Å². The summed E-state index contributed by atoms with van der Waals surface area (Å²) >= 11 is 12.6. The number of anilines is 1. The molecule has 2 aromatic rings. The predicted octanol–water partition coefficient (Wildman–Crippen LogP) is 5.01. The number of unbranched alkanes of at least 4 members (excludes halogenated alkanes) is 1. The standard InChI is InChI=1S/C15H19Cl2N3/c1-4-5-6-18-15-19-11(3)9-20(15)14-8-12(16)10(2)7-13(14)17/h7-9H,4-6H2,1-3H3,(H,18,19). The fourth-order valence-corrected chi connectivity index (χ4v) is 2.47. The van der Waals surface area contributed by atoms with Crippen LogP contribution in [0.2, 0.25) is 10.0 Å². The molecule has 0 unspecified atom stereocenters. The highest BCUT2D eigenvalue weighted by Gasteiger charge is 2.12. The van der Waals surface area contributed by atoms with Crippen LogP contribution in [0.15, 0.2) is 18.3 Å². The number of hydrogen-bond donors (Lipinski definition) is 1. The Labute approximate surface area is 129 Å². The summed E-state index contributed by atoms with van der Waals surface area (Å²) in [7, 11) is 0. The molecule has 0 bridgehead atoms. The van der Waals surface area contributed by atoms with Gasteiger partial charge in [0, 0.05) is 17.8 Å². The van der Waals surface area contributed by atoms with Gasteiger partial charge in [0.2, 0.25) is 5.95 Å². The van der Waals surface area contributed by atoms with Crippen molar-refractivity contribution in [3.63, 3.8) is 0 Å². The van der Waals surface area contributed by atoms with E-state index in [1.165, 1.54) is 0 Å². The molecule has 1 heterocycles. The summed E-state index contributed by atoms with van der Waals surface area (Å²) in [6.07, 6.45) is 4.21. The molecule has 0 saturated heterocycles. The maximum absolute atomic E-state index is 6.34. The maximum atomic E-state index is 6.34. The molecule has 1 N–H and O–H groups in total. The topological polar surface area (TPSA) is 29.9 Å². The van der Waals surface area contributed by atoms with Crippen LogP contribution in [0.4, 0.5) is 5.95 Å². The van der Waals surface area contributed by atoms with Gasteiger partial charge in [0.1, 0.15) is 0 Å². The van der Waals surface area contributed by atoms with Crippen LogP contribution in [0.5, 0.6) is 0 Å². The molecule has 108 valence electrons. The Hall–Kier alpha value is -1.19. The van der Waals surface area contributed by atoms with Crippen molar-refractivity contribution in [3.05, 3.63) is 39.6 Å². The Morgan fingerprint density at radius 3 is 2.65 bits per heavy atom. The van der Waals surface area contributed by atoms with Crippen LogP contribution >= 0.6 is 23.2 Å². The zero-order valence-electron chi connectivity index (χ0n) is 12.0. The Morgan fingerprint density at radius 2 is 1.95 bits per heavy atom. The number of nitrogens with one attached hydrogen (secondary N) is 1. The SMILES string of the molecule is CCCCNc1nc(C)cn1-c1cc(Cl)c(C)cc1Cl. The second kappa shape index (κ2) is 6.51. The van der Waals surface area contributed by atoms with Crippen LogP contribution in [0.3, 0.4) is 0 Å². The molecule has 0 spiro atoms. The normalized spacial score (nSPS) is 10.8. The average Bonchev–Trinajstić information content (AvgIpc) is 2.75. The van der Waals surface area contributed by atoms with E-state index < -0.39 is 0 Å². The summed E-state index contributed by atoms with van der Waals surface area (Å²) in [6.45, 7) is 6.96. The van der Waals surface area contributed by atoms with Crippen molar-refractivity contribution in [1.29, 1.82) is 0 Å². The molecule has 0 saturated carbocycles. The van der Waals surface area contributed by atoms with Crippen molar-refractivity contribution in [2.45, 2.75) is 33.6 Å². The number of imidazole rings is 1. The molecule has 0 atom stereocenters. The lowest BCUT2D eigenvalue weighted by Crippen LogP contribution is -2.07. The van der Waals surface area contributed by atoms with Gasteiger partial charge in [0.05, 0.1) is 16.4 Å². The lowest BCUT2D eigenvalue weighted by atomic mass is 10.2. The molecule has 20 heavy (non-hydrogen) atoms. The van der Waals surface area contributed by atoms with E-state index in [0.717, 1.165) is 42.3 Å². The Kier molecular flexibility index (Phi) is 4.95. The number of hydrogen-bond acceptors (Lipinski definition) is 2. The zero-order chi connectivity index (χ0) is 14.7. The minimum absolute atomic E-state index is 0.669. The summed E-state index contributed by atoms with van der Waals surface area (Å²) in [5.74, 6) is 0.803. The molecule has 5 heteroatoms. The van der Waals surface area contributed by atoms with E-state index in [1.807, 2.05) is 36.7 Å². The van der Waals surface area contributed by atoms with Gasteiger partial charge in [-0.15, -0.1) is 0 Å². The smallest absolute Gasteiger partial charge is 0.207 e. The molecule has 1 aromatic carbocycles. The first-order chi connectivity index (χ1) is 9.52. The second-order valence-electron chi connectivity index (χ2n) is 4.91. The zero-order valence-corrected chi connectivity index (χ0v) is 13.5. The van der Waals surface area contributed by atoms with Gasteiger partial charge < -0.3 is 5.32 Å². The first kappa shape index (κ1) is 15.2. The quantitative estimate of drug-likeness (QED) is 0.787. The van der Waals surface area contributed by atoms with Gasteiger partial charge >= 0.3 is 0 Å². The number of rotatable bonds is 5. The van der Waals surface area contributed by atoms with Crippen LogP contribution in [-0.4, -0.2) is 16.1 Å². The van der Waals surface area contributed by atoms with E-state index in [9.17, 15) is 0 Å². The minimum atomic E-state index is 0.669. The summed E-state index contributed by atoms with van der Waals surface area (Å²) in [4.78, 5) is 4.50. The Balaban J connectivity index is 2.39. The summed E-state index contributed by atoms with van der Waals surface area (Å²) in [6, 6.07) is 3.76. The summed E-state index contributed by atoms with van der Waals surface area (Å²) in [5, 5.41) is 4.72. The summed E-state index contributed by atoms with van der Waals surface area (Å²) < 4.78 is 1.96. The maximum Gasteiger partial charge on any atom is 0.207 e. The molecule has 2 rings (SSSR count). The van der Waals surface area contributed by atoms with Crippen molar-refractivity contribution in [2.75, 3.05) is 11.9 Å². The Bertz CT molecular complexity index is 605. The number of nitrogens with zero attached hydrogens (tertiary/aromatic N) is 2. The van der Waals surface area contributed by atoms with E-state index in [2.05, 4.69) is 17.2 Å². The molecule has 0 aliphatic carbocycles. The molecule has 1 aromatic heterocycles. The first-order valence-corrected chi connectivity index (χ1v) is 7.54. The summed E-state index contributed by atoms with van der Waals surface area (Å²) in [5.41, 5.74) is 2.76. The van der Waals surface area contributed by atoms with Gasteiger partial charge in [-0.1, -0.05) is 36.5 Å². The van der Waals surface area contributed by atoms with Gasteiger partial charge in [-0.2, -0.15) is 0 Å². The first-order valence-electron chi connectivity index (χ1n) is 6.78. The number of halogens is 2. The van der Waals surface area contributed by atoms with Crippen molar-refractivity contribution in [3.8, 4) is 5.69 Å². The van der Waals surface area contributed by atoms with E-state index in [4.69, 9.17) is 23.2 Å². The Morgan fingerprint density at radius 1 is 1.20 bits per heavy atom. The fraction of sp³-hybridized carbons (Fsp3) is 0.400. The third-order valence-corrected chi connectivity index (χ3v) is 3.84. The molecule has 0 fully saturated rings. The molecule has 0 aliphatic heterocycles. The molecular weight excluding hydrogens is 293 g/mol. The predicted molar refractivity (Wildman–Crippen MR) is 86.5 cm³/mol. The third-order valence-electron chi connectivity index (χ3n) is 3.13. The molecule has 3 nitrogen and oxygen atoms in total. The van der Waals surface area contributed by atoms with Crippen LogP contribution < -0.4 is 5.32 Å². The highest BCUT2D eigenvalue weighted by atomic mass is 35.5. The highest BCUT2D eigenvalue weighted by Crippen LogP contribution is 2.29. The van der Waals surface area contributed by atoms with Gasteiger partial charge in [0.15, 0.2) is 0 Å². The second-order valence-corrected chi connectivity index (χ2v) is 5.72. The van der Waals surface area contributed by atoms with Crippen molar-refractivity contribution in [2.24, 2.45) is 0 Å². The van der Waals surface area contributed by atoms with Gasteiger partial charge in [-0.25, -0.2) is 4.98 Å². The van der Waals surface area contributed by atoms with Crippen LogP contribution in [0.25, 0.3) is 5.69 Å². The fourth-order valence-electron chi connectivity index (χ4n) is 2.00. The highest BCUT2D eigenvalue weighted by molar-refractivity contribution is 6.35. The lowest BCUT2D eigenvalue weighted by molar-refractivity contribution is 0.823. The lowest BCUT2D eigenvalue weighted by Gasteiger charge is -2.12. The third kappa shape index (κ3) is 3.28. The van der Waals surface area contributed by atoms with E-state index in [1.54, 1.807) is 0 Å². The average molecular weight is 312 g/mol. The largest absolute Gasteiger partial charge is 0.355 e. The monoisotopic (exact) mass is 311 g/mol. The van der Waals surface area contributed by atoms with E-state index in [-0.39, 0.29) is 0 Å². The van der Waals surface area contributed by atoms with Gasteiger partial charge in [0.25, 0.3) is 0 Å². The van der Waals surface area contributed by atoms with Crippen LogP contribution in [0, 0.1) is 13.8 Å². The number of aryl methyl sites for hydroxylation is 2. The van der Waals surface area contributed by atoms with Gasteiger partial charge in [-0.3, -0.25) is 4.57 Å². The van der Waals surface area contributed by atoms with E-state index >= 15 is 0 Å². The number of aromatic nitrogens is 2. The molecule has 0 amide bonds. The van der Waals surface area contributed by atoms with Crippen molar-refractivity contribution < 1.29 is 0 Å². The van der Waals surface area contributed by atoms with Crippen LogP contribution in [-0.2, 0) is 0 Å². The molecular formula is C15H19Cl2N3. The minimum Gasteiger partial charge on any atom is -0.355 e. The number of benzene rings is 1.